The lowest BCUT2D eigenvalue weighted by Crippen LogP contribution is -2.42. The highest BCUT2D eigenvalue weighted by Gasteiger charge is 2.26. The third-order valence-electron chi connectivity index (χ3n) is 4.38. The standard InChI is InChI=1S/C19H25N5O4S/c1-19(2,3)28-17(26)23-12-6-4-11(5-7-12)21-16-20-9-8-13(22-16)10-14-15(25)24-18(27)29-14/h8-12H,4-7H2,1-3H3,(H,23,26)(H,20,21,22)(H,24,25,27)/b14-10-. The van der Waals surface area contributed by atoms with E-state index in [0.717, 1.165) is 37.4 Å². The number of ether oxygens (including phenoxy) is 1. The highest BCUT2D eigenvalue weighted by molar-refractivity contribution is 8.18. The number of hydrogen-bond acceptors (Lipinski definition) is 8. The number of carbonyl (C=O) groups is 3. The van der Waals surface area contributed by atoms with Gasteiger partial charge in [0.1, 0.15) is 5.60 Å². The van der Waals surface area contributed by atoms with E-state index in [1.165, 1.54) is 0 Å². The molecule has 0 aromatic carbocycles. The van der Waals surface area contributed by atoms with Crippen LogP contribution in [-0.2, 0) is 9.53 Å². The van der Waals surface area contributed by atoms with Gasteiger partial charge in [0.15, 0.2) is 0 Å². The van der Waals surface area contributed by atoms with Crippen LogP contribution in [0.25, 0.3) is 6.08 Å². The third-order valence-corrected chi connectivity index (χ3v) is 5.19. The molecule has 2 heterocycles. The summed E-state index contributed by atoms with van der Waals surface area (Å²) in [4.78, 5) is 43.8. The normalized spacial score (nSPS) is 23.6. The molecule has 3 amide bonds. The monoisotopic (exact) mass is 419 g/mol. The van der Waals surface area contributed by atoms with Crippen LogP contribution < -0.4 is 16.0 Å². The Labute approximate surface area is 173 Å². The van der Waals surface area contributed by atoms with Gasteiger partial charge in [-0.15, -0.1) is 0 Å². The highest BCUT2D eigenvalue weighted by Crippen LogP contribution is 2.25. The maximum Gasteiger partial charge on any atom is 0.407 e. The molecule has 0 atom stereocenters. The van der Waals surface area contributed by atoms with E-state index in [1.54, 1.807) is 18.3 Å². The number of amides is 3. The summed E-state index contributed by atoms with van der Waals surface area (Å²) in [6, 6.07) is 1.96. The summed E-state index contributed by atoms with van der Waals surface area (Å²) in [5, 5.41) is 8.06. The van der Waals surface area contributed by atoms with Crippen molar-refractivity contribution in [3.63, 3.8) is 0 Å². The fraction of sp³-hybridized carbons (Fsp3) is 0.526. The third kappa shape index (κ3) is 6.45. The molecule has 9 nitrogen and oxygen atoms in total. The Morgan fingerprint density at radius 1 is 1.24 bits per heavy atom. The molecule has 156 valence electrons. The molecule has 3 N–H and O–H groups in total. The second kappa shape index (κ2) is 8.81. The van der Waals surface area contributed by atoms with Crippen molar-refractivity contribution in [2.75, 3.05) is 5.32 Å². The van der Waals surface area contributed by atoms with E-state index in [0.29, 0.717) is 16.5 Å². The first-order valence-electron chi connectivity index (χ1n) is 9.52. The van der Waals surface area contributed by atoms with Crippen molar-refractivity contribution < 1.29 is 19.1 Å². The van der Waals surface area contributed by atoms with Crippen molar-refractivity contribution in [3.05, 3.63) is 22.9 Å². The minimum Gasteiger partial charge on any atom is -0.444 e. The Hall–Kier alpha value is -2.62. The molecule has 0 radical (unpaired) electrons. The van der Waals surface area contributed by atoms with Gasteiger partial charge in [-0.2, -0.15) is 0 Å². The van der Waals surface area contributed by atoms with Crippen molar-refractivity contribution >= 4 is 41.0 Å². The maximum atomic E-state index is 11.9. The molecule has 3 rings (SSSR count). The van der Waals surface area contributed by atoms with Crippen LogP contribution in [-0.4, -0.2) is 44.9 Å². The van der Waals surface area contributed by atoms with Crippen molar-refractivity contribution in [1.82, 2.24) is 20.6 Å². The Balaban J connectivity index is 1.51. The number of carbonyl (C=O) groups excluding carboxylic acids is 3. The molecule has 0 spiro atoms. The zero-order chi connectivity index (χ0) is 21.0. The minimum absolute atomic E-state index is 0.0929. The Bertz CT molecular complexity index is 828. The molecule has 1 saturated heterocycles. The molecule has 0 bridgehead atoms. The van der Waals surface area contributed by atoms with Crippen LogP contribution in [0.15, 0.2) is 17.2 Å². The fourth-order valence-corrected chi connectivity index (χ4v) is 3.78. The van der Waals surface area contributed by atoms with Gasteiger partial charge in [0, 0.05) is 18.3 Å². The van der Waals surface area contributed by atoms with Crippen LogP contribution in [0.5, 0.6) is 0 Å². The number of anilines is 1. The summed E-state index contributed by atoms with van der Waals surface area (Å²) < 4.78 is 5.30. The van der Waals surface area contributed by atoms with E-state index >= 15 is 0 Å². The number of hydrogen-bond donors (Lipinski definition) is 3. The lowest BCUT2D eigenvalue weighted by molar-refractivity contribution is -0.115. The summed E-state index contributed by atoms with van der Waals surface area (Å²) in [5.74, 6) is 0.0570. The van der Waals surface area contributed by atoms with Gasteiger partial charge >= 0.3 is 6.09 Å². The van der Waals surface area contributed by atoms with E-state index in [2.05, 4.69) is 25.9 Å². The second-order valence-corrected chi connectivity index (χ2v) is 9.01. The van der Waals surface area contributed by atoms with Crippen LogP contribution in [0.4, 0.5) is 15.5 Å². The number of thioether (sulfide) groups is 1. The highest BCUT2D eigenvalue weighted by atomic mass is 32.2. The number of alkyl carbamates (subject to hydrolysis) is 1. The zero-order valence-electron chi connectivity index (χ0n) is 16.7. The van der Waals surface area contributed by atoms with E-state index in [9.17, 15) is 14.4 Å². The summed E-state index contributed by atoms with van der Waals surface area (Å²) >= 11 is 0.854. The number of aromatic nitrogens is 2. The fourth-order valence-electron chi connectivity index (χ4n) is 3.12. The first-order chi connectivity index (χ1) is 13.7. The molecule has 2 fully saturated rings. The molecule has 1 aromatic heterocycles. The van der Waals surface area contributed by atoms with E-state index in [4.69, 9.17) is 4.74 Å². The molecule has 10 heteroatoms. The average molecular weight is 420 g/mol. The summed E-state index contributed by atoms with van der Waals surface area (Å²) in [6.45, 7) is 5.52. The molecular weight excluding hydrogens is 394 g/mol. The number of rotatable bonds is 4. The SMILES string of the molecule is CC(C)(C)OC(=O)NC1CCC(Nc2nccc(/C=C3\SC(=O)NC3=O)n2)CC1. The molecular formula is C19H25N5O4S. The summed E-state index contributed by atoms with van der Waals surface area (Å²) in [6.07, 6.45) is 6.18. The summed E-state index contributed by atoms with van der Waals surface area (Å²) in [5.41, 5.74) is 0.0426. The molecule has 0 unspecified atom stereocenters. The maximum absolute atomic E-state index is 11.9. The smallest absolute Gasteiger partial charge is 0.407 e. The molecule has 29 heavy (non-hydrogen) atoms. The first-order valence-corrected chi connectivity index (χ1v) is 10.3. The topological polar surface area (TPSA) is 122 Å². The molecule has 1 aromatic rings. The molecule has 2 aliphatic rings. The Morgan fingerprint density at radius 2 is 1.93 bits per heavy atom. The summed E-state index contributed by atoms with van der Waals surface area (Å²) in [7, 11) is 0. The lowest BCUT2D eigenvalue weighted by Gasteiger charge is -2.30. The second-order valence-electron chi connectivity index (χ2n) is 8.00. The number of nitrogens with zero attached hydrogens (tertiary/aromatic N) is 2. The largest absolute Gasteiger partial charge is 0.444 e. The zero-order valence-corrected chi connectivity index (χ0v) is 17.5. The van der Waals surface area contributed by atoms with Gasteiger partial charge in [0.2, 0.25) is 5.95 Å². The van der Waals surface area contributed by atoms with Crippen LogP contribution in [0, 0.1) is 0 Å². The van der Waals surface area contributed by atoms with Crippen molar-refractivity contribution in [2.45, 2.75) is 64.1 Å². The van der Waals surface area contributed by atoms with Gasteiger partial charge in [-0.25, -0.2) is 14.8 Å². The van der Waals surface area contributed by atoms with Crippen LogP contribution in [0.1, 0.15) is 52.1 Å². The number of imide groups is 1. The molecule has 1 aliphatic carbocycles. The quantitative estimate of drug-likeness (QED) is 0.637. The van der Waals surface area contributed by atoms with Crippen LogP contribution in [0.3, 0.4) is 0 Å². The Morgan fingerprint density at radius 3 is 2.55 bits per heavy atom. The Kier molecular flexibility index (Phi) is 6.41. The van der Waals surface area contributed by atoms with Crippen molar-refractivity contribution in [1.29, 1.82) is 0 Å². The van der Waals surface area contributed by atoms with E-state index in [-0.39, 0.29) is 23.4 Å². The average Bonchev–Trinajstić information content (AvgIpc) is 2.92. The van der Waals surface area contributed by atoms with Gasteiger partial charge in [0.05, 0.1) is 10.6 Å². The molecule has 1 aliphatic heterocycles. The van der Waals surface area contributed by atoms with Gasteiger partial charge in [-0.1, -0.05) is 0 Å². The predicted octanol–water partition coefficient (Wildman–Crippen LogP) is 3.05. The van der Waals surface area contributed by atoms with E-state index < -0.39 is 11.5 Å². The van der Waals surface area contributed by atoms with Crippen molar-refractivity contribution in [2.24, 2.45) is 0 Å². The minimum atomic E-state index is -0.508. The first kappa shape index (κ1) is 21.1. The van der Waals surface area contributed by atoms with E-state index in [1.807, 2.05) is 20.8 Å². The number of nitrogens with one attached hydrogen (secondary N) is 3. The van der Waals surface area contributed by atoms with Crippen LogP contribution in [0.2, 0.25) is 0 Å². The van der Waals surface area contributed by atoms with Gasteiger partial charge in [0.25, 0.3) is 11.1 Å². The van der Waals surface area contributed by atoms with Crippen molar-refractivity contribution in [3.8, 4) is 0 Å². The lowest BCUT2D eigenvalue weighted by atomic mass is 9.91. The van der Waals surface area contributed by atoms with Gasteiger partial charge < -0.3 is 15.4 Å². The van der Waals surface area contributed by atoms with Crippen LogP contribution >= 0.6 is 11.8 Å². The molecule has 1 saturated carbocycles. The van der Waals surface area contributed by atoms with Gasteiger partial charge in [-0.05, 0) is 70.4 Å². The predicted molar refractivity (Wildman–Crippen MR) is 110 cm³/mol. The van der Waals surface area contributed by atoms with Gasteiger partial charge in [-0.3, -0.25) is 14.9 Å².